The number of anilines is 1. The summed E-state index contributed by atoms with van der Waals surface area (Å²) in [6, 6.07) is 11.4. The van der Waals surface area contributed by atoms with Crippen molar-refractivity contribution < 1.29 is 60.8 Å². The molecule has 0 spiro atoms. The number of methoxy groups -OCH3 is 1. The van der Waals surface area contributed by atoms with Gasteiger partial charge in [-0.1, -0.05) is 18.2 Å². The van der Waals surface area contributed by atoms with Crippen LogP contribution in [0.5, 0.6) is 11.5 Å². The van der Waals surface area contributed by atoms with E-state index in [2.05, 4.69) is 15.0 Å². The first-order chi connectivity index (χ1) is 14.0. The van der Waals surface area contributed by atoms with Crippen molar-refractivity contribution >= 4 is 48.0 Å². The molecular formula is C18H16N3NaO7S2. The normalized spacial score (nSPS) is 12.0. The number of sulfonamides is 1. The number of nitrogens with zero attached hydrogens (tertiary/aromatic N) is 2. The minimum Gasteiger partial charge on any atom is -0.744 e. The smallest absolute Gasteiger partial charge is 0.744 e. The summed E-state index contributed by atoms with van der Waals surface area (Å²) in [5.41, 5.74) is 0.0979. The summed E-state index contributed by atoms with van der Waals surface area (Å²) in [6.07, 6.45) is 0.847. The van der Waals surface area contributed by atoms with Gasteiger partial charge >= 0.3 is 29.6 Å². The van der Waals surface area contributed by atoms with Gasteiger partial charge in [0, 0.05) is 0 Å². The summed E-state index contributed by atoms with van der Waals surface area (Å²) in [6.45, 7) is 0. The molecule has 0 fully saturated rings. The zero-order chi connectivity index (χ0) is 22.1. The van der Waals surface area contributed by atoms with E-state index in [1.165, 1.54) is 19.2 Å². The van der Waals surface area contributed by atoms with Crippen molar-refractivity contribution in [1.82, 2.24) is 0 Å². The third-order valence-corrected chi connectivity index (χ3v) is 5.38. The first kappa shape index (κ1) is 25.0. The second kappa shape index (κ2) is 9.51. The summed E-state index contributed by atoms with van der Waals surface area (Å²) in [5.74, 6) is -0.00148. The molecule has 0 amide bonds. The van der Waals surface area contributed by atoms with Gasteiger partial charge in [-0.3, -0.25) is 4.72 Å². The SMILES string of the molecule is COc1ccccc1N=Nc1ccc2cc(S(=O)(=O)[O-])cc(NS(C)(=O)=O)c2c1O.[Na+]. The number of phenolic OH excluding ortho intramolecular Hbond substituents is 1. The molecule has 2 N–H and O–H groups in total. The minimum atomic E-state index is -4.87. The van der Waals surface area contributed by atoms with Crippen molar-refractivity contribution in [2.45, 2.75) is 4.90 Å². The first-order valence-electron chi connectivity index (χ1n) is 8.28. The Bertz CT molecular complexity index is 1370. The zero-order valence-electron chi connectivity index (χ0n) is 16.7. The van der Waals surface area contributed by atoms with Crippen LogP contribution < -0.4 is 39.0 Å². The Morgan fingerprint density at radius 3 is 2.26 bits per heavy atom. The quantitative estimate of drug-likeness (QED) is 0.295. The average molecular weight is 473 g/mol. The van der Waals surface area contributed by atoms with Crippen molar-refractivity contribution in [3.63, 3.8) is 0 Å². The Labute approximate surface area is 201 Å². The Kier molecular flexibility index (Phi) is 7.68. The van der Waals surface area contributed by atoms with Gasteiger partial charge in [0.2, 0.25) is 10.0 Å². The molecule has 0 bridgehead atoms. The van der Waals surface area contributed by atoms with E-state index in [1.807, 2.05) is 0 Å². The molecule has 0 radical (unpaired) electrons. The molecule has 0 aromatic heterocycles. The number of hydrogen-bond donors (Lipinski definition) is 2. The molecule has 0 unspecified atom stereocenters. The van der Waals surface area contributed by atoms with Crippen LogP contribution >= 0.6 is 0 Å². The van der Waals surface area contributed by atoms with Gasteiger partial charge in [0.15, 0.2) is 5.75 Å². The Morgan fingerprint density at radius 1 is 1.00 bits per heavy atom. The number of azo groups is 1. The maximum Gasteiger partial charge on any atom is 1.00 e. The van der Waals surface area contributed by atoms with Gasteiger partial charge < -0.3 is 14.4 Å². The summed E-state index contributed by atoms with van der Waals surface area (Å²) in [4.78, 5) is -0.649. The predicted octanol–water partition coefficient (Wildman–Crippen LogP) is 0.249. The largest absolute Gasteiger partial charge is 1.00 e. The standard InChI is InChI=1S/C18H17N3O7S2.Na/c1-28-16-6-4-3-5-13(16)19-20-14-8-7-11-9-12(30(25,26)27)10-15(17(11)18(14)22)21-29(2,23)24;/h3-10,21-22H,1-2H3,(H,25,26,27);/q;+1/p-1. The van der Waals surface area contributed by atoms with Crippen LogP contribution in [0.25, 0.3) is 10.8 Å². The molecule has 10 nitrogen and oxygen atoms in total. The van der Waals surface area contributed by atoms with Gasteiger partial charge in [0.25, 0.3) is 0 Å². The van der Waals surface area contributed by atoms with E-state index >= 15 is 0 Å². The molecule has 13 heteroatoms. The van der Waals surface area contributed by atoms with Gasteiger partial charge in [0.1, 0.15) is 27.2 Å². The molecule has 0 aliphatic heterocycles. The summed E-state index contributed by atoms with van der Waals surface area (Å²) >= 11 is 0. The number of fused-ring (bicyclic) bond motifs is 1. The number of ether oxygens (including phenoxy) is 1. The Morgan fingerprint density at radius 2 is 1.65 bits per heavy atom. The van der Waals surface area contributed by atoms with E-state index in [1.54, 1.807) is 24.3 Å². The van der Waals surface area contributed by atoms with Gasteiger partial charge in [-0.25, -0.2) is 16.8 Å². The molecule has 3 aromatic carbocycles. The third-order valence-electron chi connectivity index (χ3n) is 3.98. The Balaban J connectivity index is 0.00000341. The number of hydrogen-bond acceptors (Lipinski definition) is 9. The number of phenols is 1. The molecule has 0 atom stereocenters. The van der Waals surface area contributed by atoms with Crippen LogP contribution in [0.15, 0.2) is 63.7 Å². The molecule has 0 saturated heterocycles. The summed E-state index contributed by atoms with van der Waals surface area (Å²) in [5, 5.41) is 18.8. The molecule has 3 rings (SSSR count). The van der Waals surface area contributed by atoms with Gasteiger partial charge in [-0.15, -0.1) is 10.2 Å². The molecule has 3 aromatic rings. The van der Waals surface area contributed by atoms with Crippen molar-refractivity contribution in [3.05, 3.63) is 48.5 Å². The zero-order valence-corrected chi connectivity index (χ0v) is 20.4. The van der Waals surface area contributed by atoms with Crippen LogP contribution in [0.2, 0.25) is 0 Å². The number of benzene rings is 3. The van der Waals surface area contributed by atoms with E-state index in [9.17, 15) is 26.5 Å². The average Bonchev–Trinajstić information content (AvgIpc) is 2.65. The third kappa shape index (κ3) is 5.93. The van der Waals surface area contributed by atoms with Crippen molar-refractivity contribution in [2.75, 3.05) is 18.1 Å². The van der Waals surface area contributed by atoms with Gasteiger partial charge in [0.05, 0.1) is 29.3 Å². The summed E-state index contributed by atoms with van der Waals surface area (Å²) in [7, 11) is -7.26. The van der Waals surface area contributed by atoms with Crippen molar-refractivity contribution in [2.24, 2.45) is 10.2 Å². The fourth-order valence-electron chi connectivity index (χ4n) is 2.73. The van der Waals surface area contributed by atoms with Gasteiger partial charge in [-0.2, -0.15) is 0 Å². The van der Waals surface area contributed by atoms with Crippen LogP contribution in [0.3, 0.4) is 0 Å². The topological polar surface area (TPSA) is 158 Å². The fraction of sp³-hybridized carbons (Fsp3) is 0.111. The molecule has 0 saturated carbocycles. The van der Waals surface area contributed by atoms with E-state index in [-0.39, 0.29) is 51.7 Å². The maximum atomic E-state index is 11.7. The van der Waals surface area contributed by atoms with E-state index in [4.69, 9.17) is 4.74 Å². The van der Waals surface area contributed by atoms with E-state index < -0.39 is 30.8 Å². The maximum absolute atomic E-state index is 11.7. The molecule has 158 valence electrons. The van der Waals surface area contributed by atoms with E-state index in [0.29, 0.717) is 11.4 Å². The van der Waals surface area contributed by atoms with Crippen LogP contribution in [-0.2, 0) is 20.1 Å². The number of aromatic hydroxyl groups is 1. The van der Waals surface area contributed by atoms with Crippen molar-refractivity contribution in [3.8, 4) is 11.5 Å². The van der Waals surface area contributed by atoms with Crippen LogP contribution in [-0.4, -0.2) is 39.9 Å². The second-order valence-electron chi connectivity index (χ2n) is 6.20. The monoisotopic (exact) mass is 473 g/mol. The molecule has 0 aliphatic carbocycles. The summed E-state index contributed by atoms with van der Waals surface area (Å²) < 4.78 is 65.0. The van der Waals surface area contributed by atoms with Crippen molar-refractivity contribution in [1.29, 1.82) is 0 Å². The Hall–Kier alpha value is -2.22. The predicted molar refractivity (Wildman–Crippen MR) is 109 cm³/mol. The second-order valence-corrected chi connectivity index (χ2v) is 9.33. The van der Waals surface area contributed by atoms with Crippen LogP contribution in [0, 0.1) is 0 Å². The van der Waals surface area contributed by atoms with E-state index in [0.717, 1.165) is 18.4 Å². The number of nitrogens with one attached hydrogen (secondary N) is 1. The van der Waals surface area contributed by atoms with Gasteiger partial charge in [-0.05, 0) is 35.7 Å². The number of para-hydroxylation sites is 1. The molecule has 0 aliphatic rings. The molecular weight excluding hydrogens is 457 g/mol. The fourth-order valence-corrected chi connectivity index (χ4v) is 3.83. The van der Waals surface area contributed by atoms with Crippen LogP contribution in [0.1, 0.15) is 0 Å². The number of rotatable bonds is 6. The van der Waals surface area contributed by atoms with Crippen LogP contribution in [0.4, 0.5) is 17.1 Å². The molecule has 0 heterocycles. The first-order valence-corrected chi connectivity index (χ1v) is 11.6. The molecule has 31 heavy (non-hydrogen) atoms. The minimum absolute atomic E-state index is 0.